The van der Waals surface area contributed by atoms with Crippen LogP contribution in [0.25, 0.3) is 0 Å². The van der Waals surface area contributed by atoms with E-state index in [-0.39, 0.29) is 36.0 Å². The van der Waals surface area contributed by atoms with Gasteiger partial charge in [0.05, 0.1) is 17.1 Å². The van der Waals surface area contributed by atoms with Crippen molar-refractivity contribution in [3.63, 3.8) is 0 Å². The van der Waals surface area contributed by atoms with Crippen molar-refractivity contribution in [3.05, 3.63) is 24.3 Å². The van der Waals surface area contributed by atoms with E-state index in [9.17, 15) is 21.6 Å². The molecule has 0 spiro atoms. The number of carbonyl (C=O) groups is 1. The molecule has 1 aromatic rings. The van der Waals surface area contributed by atoms with Gasteiger partial charge < -0.3 is 9.84 Å². The van der Waals surface area contributed by atoms with Gasteiger partial charge in [0, 0.05) is 12.3 Å². The van der Waals surface area contributed by atoms with Crippen LogP contribution in [0.3, 0.4) is 0 Å². The first kappa shape index (κ1) is 19.4. The van der Waals surface area contributed by atoms with E-state index in [1.807, 2.05) is 0 Å². The van der Waals surface area contributed by atoms with Crippen LogP contribution in [0.4, 0.5) is 0 Å². The quantitative estimate of drug-likeness (QED) is 0.608. The van der Waals surface area contributed by atoms with Crippen LogP contribution >= 0.6 is 0 Å². The number of aliphatic carboxylic acids is 1. The summed E-state index contributed by atoms with van der Waals surface area (Å²) >= 11 is 0. The number of sulfone groups is 1. The Hall–Kier alpha value is -1.65. The zero-order valence-corrected chi connectivity index (χ0v) is 14.2. The Balaban J connectivity index is 2.60. The maximum atomic E-state index is 11.9. The first-order chi connectivity index (χ1) is 10.7. The Labute approximate surface area is 135 Å². The summed E-state index contributed by atoms with van der Waals surface area (Å²) in [7, 11) is -6.90. The number of carboxylic acids is 1. The van der Waals surface area contributed by atoms with Crippen LogP contribution in [-0.4, -0.2) is 52.6 Å². The smallest absolute Gasteiger partial charge is 0.304 e. The van der Waals surface area contributed by atoms with E-state index in [1.54, 1.807) is 6.92 Å². The van der Waals surface area contributed by atoms with Crippen LogP contribution in [0.5, 0.6) is 5.75 Å². The number of hydrogen-bond acceptors (Lipinski definition) is 6. The molecule has 2 N–H and O–H groups in total. The average Bonchev–Trinajstić information content (AvgIpc) is 2.47. The van der Waals surface area contributed by atoms with Crippen LogP contribution in [0, 0.1) is 0 Å². The molecule has 1 rings (SSSR count). The summed E-state index contributed by atoms with van der Waals surface area (Å²) in [4.78, 5) is 10.3. The number of benzene rings is 1. The van der Waals surface area contributed by atoms with Crippen molar-refractivity contribution in [1.29, 1.82) is 0 Å². The predicted octanol–water partition coefficient (Wildman–Crippen LogP) is 0.253. The number of rotatable bonds is 10. The molecule has 0 aliphatic carbocycles. The first-order valence-corrected chi connectivity index (χ1v) is 10.1. The number of sulfonamides is 1. The van der Waals surface area contributed by atoms with Gasteiger partial charge in [0.1, 0.15) is 12.4 Å². The summed E-state index contributed by atoms with van der Waals surface area (Å²) in [5, 5.41) is 8.48. The molecule has 130 valence electrons. The Bertz CT molecular complexity index is 724. The third kappa shape index (κ3) is 6.97. The molecule has 0 aliphatic heterocycles. The Kier molecular flexibility index (Phi) is 6.98. The topological polar surface area (TPSA) is 127 Å². The second-order valence-electron chi connectivity index (χ2n) is 4.60. The van der Waals surface area contributed by atoms with E-state index in [0.717, 1.165) is 0 Å². The van der Waals surface area contributed by atoms with E-state index < -0.39 is 25.8 Å². The molecule has 0 atom stereocenters. The molecule has 8 nitrogen and oxygen atoms in total. The SMILES string of the molecule is CCS(=O)(=O)CCOc1ccc(S(=O)(=O)NCCC(=O)O)cc1. The molecular formula is C13H19NO7S2. The van der Waals surface area contributed by atoms with Gasteiger partial charge >= 0.3 is 5.97 Å². The molecule has 0 radical (unpaired) electrons. The fourth-order valence-electron chi connectivity index (χ4n) is 1.52. The lowest BCUT2D eigenvalue weighted by Crippen LogP contribution is -2.26. The van der Waals surface area contributed by atoms with E-state index >= 15 is 0 Å². The van der Waals surface area contributed by atoms with Gasteiger partial charge in [0.2, 0.25) is 10.0 Å². The highest BCUT2D eigenvalue weighted by Crippen LogP contribution is 2.16. The molecular weight excluding hydrogens is 346 g/mol. The molecule has 0 saturated carbocycles. The lowest BCUT2D eigenvalue weighted by molar-refractivity contribution is -0.136. The van der Waals surface area contributed by atoms with Crippen LogP contribution in [0.1, 0.15) is 13.3 Å². The number of hydrogen-bond donors (Lipinski definition) is 2. The van der Waals surface area contributed by atoms with Crippen molar-refractivity contribution in [2.75, 3.05) is 24.7 Å². The minimum atomic E-state index is -3.79. The Morgan fingerprint density at radius 3 is 2.30 bits per heavy atom. The summed E-state index contributed by atoms with van der Waals surface area (Å²) < 4.78 is 53.8. The zero-order valence-electron chi connectivity index (χ0n) is 12.6. The van der Waals surface area contributed by atoms with Gasteiger partial charge in [-0.05, 0) is 24.3 Å². The van der Waals surface area contributed by atoms with Crippen molar-refractivity contribution in [2.45, 2.75) is 18.2 Å². The highest BCUT2D eigenvalue weighted by Gasteiger charge is 2.14. The fourth-order valence-corrected chi connectivity index (χ4v) is 3.18. The highest BCUT2D eigenvalue weighted by molar-refractivity contribution is 7.91. The molecule has 0 amide bonds. The van der Waals surface area contributed by atoms with E-state index in [4.69, 9.17) is 9.84 Å². The average molecular weight is 365 g/mol. The molecule has 10 heteroatoms. The van der Waals surface area contributed by atoms with Crippen LogP contribution in [-0.2, 0) is 24.7 Å². The zero-order chi connectivity index (χ0) is 17.5. The summed E-state index contributed by atoms with van der Waals surface area (Å²) in [6.45, 7) is 1.33. The standard InChI is InChI=1S/C13H19NO7S2/c1-2-22(17,18)10-9-21-11-3-5-12(6-4-11)23(19,20)14-8-7-13(15)16/h3-6,14H,2,7-10H2,1H3,(H,15,16). The van der Waals surface area contributed by atoms with Crippen LogP contribution in [0.2, 0.25) is 0 Å². The van der Waals surface area contributed by atoms with Gasteiger partial charge in [-0.25, -0.2) is 21.6 Å². The molecule has 0 aromatic heterocycles. The van der Waals surface area contributed by atoms with Gasteiger partial charge in [-0.3, -0.25) is 4.79 Å². The lowest BCUT2D eigenvalue weighted by atomic mass is 10.3. The molecule has 0 aliphatic rings. The van der Waals surface area contributed by atoms with Crippen molar-refractivity contribution in [1.82, 2.24) is 4.72 Å². The lowest BCUT2D eigenvalue weighted by Gasteiger charge is -2.08. The van der Waals surface area contributed by atoms with Gasteiger partial charge in [0.15, 0.2) is 9.84 Å². The van der Waals surface area contributed by atoms with Crippen molar-refractivity contribution in [3.8, 4) is 5.75 Å². The maximum Gasteiger partial charge on any atom is 0.304 e. The van der Waals surface area contributed by atoms with Crippen LogP contribution in [0.15, 0.2) is 29.2 Å². The van der Waals surface area contributed by atoms with Gasteiger partial charge in [0.25, 0.3) is 0 Å². The third-order valence-corrected chi connectivity index (χ3v) is 6.01. The Morgan fingerprint density at radius 1 is 1.17 bits per heavy atom. The van der Waals surface area contributed by atoms with Crippen LogP contribution < -0.4 is 9.46 Å². The monoisotopic (exact) mass is 365 g/mol. The number of nitrogens with one attached hydrogen (secondary N) is 1. The molecule has 0 heterocycles. The molecule has 23 heavy (non-hydrogen) atoms. The van der Waals surface area contributed by atoms with Crippen molar-refractivity contribution < 1.29 is 31.5 Å². The second-order valence-corrected chi connectivity index (χ2v) is 8.84. The highest BCUT2D eigenvalue weighted by atomic mass is 32.2. The summed E-state index contributed by atoms with van der Waals surface area (Å²) in [5.74, 6) is -0.824. The van der Waals surface area contributed by atoms with Gasteiger partial charge in [-0.2, -0.15) is 0 Å². The molecule has 0 fully saturated rings. The number of carboxylic acid groups (broad SMARTS) is 1. The molecule has 0 saturated heterocycles. The van der Waals surface area contributed by atoms with E-state index in [2.05, 4.69) is 4.72 Å². The summed E-state index contributed by atoms with van der Waals surface area (Å²) in [6, 6.07) is 5.41. The van der Waals surface area contributed by atoms with E-state index in [1.165, 1.54) is 24.3 Å². The van der Waals surface area contributed by atoms with Gasteiger partial charge in [-0.15, -0.1) is 0 Å². The largest absolute Gasteiger partial charge is 0.493 e. The molecule has 0 unspecified atom stereocenters. The van der Waals surface area contributed by atoms with E-state index in [0.29, 0.717) is 5.75 Å². The molecule has 1 aromatic carbocycles. The minimum Gasteiger partial charge on any atom is -0.493 e. The first-order valence-electron chi connectivity index (χ1n) is 6.81. The predicted molar refractivity (Wildman–Crippen MR) is 83.7 cm³/mol. The van der Waals surface area contributed by atoms with Gasteiger partial charge in [-0.1, -0.05) is 6.92 Å². The Morgan fingerprint density at radius 2 is 1.78 bits per heavy atom. The summed E-state index contributed by atoms with van der Waals surface area (Å²) in [6.07, 6.45) is -0.313. The fraction of sp³-hybridized carbons (Fsp3) is 0.462. The van der Waals surface area contributed by atoms with Crippen molar-refractivity contribution in [2.24, 2.45) is 0 Å². The minimum absolute atomic E-state index is 0.0148. The molecule has 0 bridgehead atoms. The summed E-state index contributed by atoms with van der Waals surface area (Å²) in [5.41, 5.74) is 0. The third-order valence-electron chi connectivity index (χ3n) is 2.87. The normalized spacial score (nSPS) is 12.0. The number of ether oxygens (including phenoxy) is 1. The second kappa shape index (κ2) is 8.27. The van der Waals surface area contributed by atoms with Crippen molar-refractivity contribution >= 4 is 25.8 Å². The maximum absolute atomic E-state index is 11.9.